The molecule has 0 spiro atoms. The molecule has 1 aliphatic heterocycles. The monoisotopic (exact) mass is 330 g/mol. The van der Waals surface area contributed by atoms with Crippen molar-refractivity contribution in [2.45, 2.75) is 13.5 Å². The first-order valence-electron chi connectivity index (χ1n) is 8.08. The second-order valence-corrected chi connectivity index (χ2v) is 6.07. The van der Waals surface area contributed by atoms with Crippen LogP contribution in [0.2, 0.25) is 0 Å². The van der Waals surface area contributed by atoms with E-state index in [0.29, 0.717) is 0 Å². The molecule has 0 radical (unpaired) electrons. The highest BCUT2D eigenvalue weighted by Gasteiger charge is 2.23. The van der Waals surface area contributed by atoms with Crippen LogP contribution >= 0.6 is 0 Å². The Labute approximate surface area is 140 Å². The van der Waals surface area contributed by atoms with Crippen molar-refractivity contribution < 1.29 is 18.6 Å². The third-order valence-electron chi connectivity index (χ3n) is 4.18. The molecule has 2 aromatic rings. The van der Waals surface area contributed by atoms with Gasteiger partial charge < -0.3 is 14.3 Å². The Morgan fingerprint density at radius 1 is 1.33 bits per heavy atom. The molecule has 6 heteroatoms. The predicted molar refractivity (Wildman–Crippen MR) is 87.7 cm³/mol. The number of nitrogens with one attached hydrogen (secondary N) is 1. The van der Waals surface area contributed by atoms with Gasteiger partial charge in [-0.05, 0) is 30.7 Å². The summed E-state index contributed by atoms with van der Waals surface area (Å²) in [6.07, 6.45) is 3.28. The van der Waals surface area contributed by atoms with Crippen LogP contribution in [0.25, 0.3) is 6.08 Å². The van der Waals surface area contributed by atoms with Crippen LogP contribution in [0.5, 0.6) is 0 Å². The minimum Gasteiger partial charge on any atom is -0.361 e. The predicted octanol–water partition coefficient (Wildman–Crippen LogP) is 1.06. The number of aromatic nitrogens is 1. The van der Waals surface area contributed by atoms with Gasteiger partial charge >= 0.3 is 0 Å². The summed E-state index contributed by atoms with van der Waals surface area (Å²) >= 11 is 0. The first-order chi connectivity index (χ1) is 11.6. The minimum atomic E-state index is -0.278. The molecule has 0 bridgehead atoms. The van der Waals surface area contributed by atoms with Gasteiger partial charge in [-0.15, -0.1) is 0 Å². The van der Waals surface area contributed by atoms with Gasteiger partial charge in [0.2, 0.25) is 5.91 Å². The number of piperazine rings is 1. The van der Waals surface area contributed by atoms with Crippen molar-refractivity contribution in [1.29, 1.82) is 0 Å². The van der Waals surface area contributed by atoms with Gasteiger partial charge in [0.05, 0.1) is 26.2 Å². The number of rotatable bonds is 4. The lowest BCUT2D eigenvalue weighted by Crippen LogP contribution is -3.13. The highest BCUT2D eigenvalue weighted by atomic mass is 19.1. The van der Waals surface area contributed by atoms with Crippen LogP contribution in [0.4, 0.5) is 4.39 Å². The van der Waals surface area contributed by atoms with E-state index in [-0.39, 0.29) is 11.7 Å². The number of hydrogen-bond donors (Lipinski definition) is 1. The lowest BCUT2D eigenvalue weighted by molar-refractivity contribution is -0.918. The fourth-order valence-corrected chi connectivity index (χ4v) is 2.82. The third kappa shape index (κ3) is 4.29. The highest BCUT2D eigenvalue weighted by molar-refractivity contribution is 5.91. The maximum Gasteiger partial charge on any atom is 0.246 e. The van der Waals surface area contributed by atoms with Crippen LogP contribution in [-0.2, 0) is 11.3 Å². The highest BCUT2D eigenvalue weighted by Crippen LogP contribution is 2.05. The van der Waals surface area contributed by atoms with Crippen LogP contribution in [0.3, 0.4) is 0 Å². The molecular weight excluding hydrogens is 309 g/mol. The van der Waals surface area contributed by atoms with Crippen molar-refractivity contribution in [3.63, 3.8) is 0 Å². The summed E-state index contributed by atoms with van der Waals surface area (Å²) < 4.78 is 17.9. The van der Waals surface area contributed by atoms with Crippen molar-refractivity contribution >= 4 is 12.0 Å². The lowest BCUT2D eigenvalue weighted by atomic mass is 10.2. The zero-order valence-corrected chi connectivity index (χ0v) is 13.7. The Bertz CT molecular complexity index is 716. The average Bonchev–Trinajstić information content (AvgIpc) is 2.99. The van der Waals surface area contributed by atoms with Crippen LogP contribution in [0.1, 0.15) is 17.0 Å². The number of nitrogens with zero attached hydrogens (tertiary/aromatic N) is 2. The number of benzene rings is 1. The summed E-state index contributed by atoms with van der Waals surface area (Å²) in [5, 5.41) is 4.02. The van der Waals surface area contributed by atoms with Gasteiger partial charge in [0.25, 0.3) is 0 Å². The van der Waals surface area contributed by atoms with Crippen LogP contribution in [-0.4, -0.2) is 42.1 Å². The molecule has 1 aliphatic rings. The summed E-state index contributed by atoms with van der Waals surface area (Å²) in [6.45, 7) is 5.93. The fourth-order valence-electron chi connectivity index (χ4n) is 2.82. The summed E-state index contributed by atoms with van der Waals surface area (Å²) in [5.41, 5.74) is 1.77. The van der Waals surface area contributed by atoms with Gasteiger partial charge in [0.15, 0.2) is 0 Å². The van der Waals surface area contributed by atoms with E-state index < -0.39 is 0 Å². The van der Waals surface area contributed by atoms with Crippen LogP contribution in [0.15, 0.2) is 40.9 Å². The molecule has 3 rings (SSSR count). The van der Waals surface area contributed by atoms with E-state index in [1.54, 1.807) is 24.3 Å². The van der Waals surface area contributed by atoms with Crippen LogP contribution in [0, 0.1) is 12.7 Å². The Hall–Kier alpha value is -2.47. The summed E-state index contributed by atoms with van der Waals surface area (Å²) in [6, 6.07) is 8.04. The molecule has 1 fully saturated rings. The molecule has 24 heavy (non-hydrogen) atoms. The molecule has 1 aromatic heterocycles. The van der Waals surface area contributed by atoms with E-state index in [0.717, 1.165) is 49.7 Å². The molecule has 1 aromatic carbocycles. The fraction of sp³-hybridized carbons (Fsp3) is 0.333. The second kappa shape index (κ2) is 7.40. The summed E-state index contributed by atoms with van der Waals surface area (Å²) in [5.74, 6) is 0.541. The van der Waals surface area contributed by atoms with Crippen molar-refractivity contribution in [2.24, 2.45) is 0 Å². The zero-order valence-electron chi connectivity index (χ0n) is 13.7. The van der Waals surface area contributed by atoms with Crippen molar-refractivity contribution in [3.05, 3.63) is 59.2 Å². The van der Waals surface area contributed by atoms with E-state index in [1.165, 1.54) is 17.0 Å². The normalized spacial score (nSPS) is 16.0. The number of quaternary nitrogens is 1. The molecule has 0 unspecified atom stereocenters. The first kappa shape index (κ1) is 16.4. The van der Waals surface area contributed by atoms with Gasteiger partial charge in [-0.25, -0.2) is 4.39 Å². The van der Waals surface area contributed by atoms with Gasteiger partial charge in [-0.3, -0.25) is 4.79 Å². The number of amides is 1. The molecular formula is C18H21FN3O2+. The molecule has 2 heterocycles. The quantitative estimate of drug-likeness (QED) is 0.853. The van der Waals surface area contributed by atoms with E-state index in [2.05, 4.69) is 5.16 Å². The molecule has 0 atom stereocenters. The largest absolute Gasteiger partial charge is 0.361 e. The SMILES string of the molecule is Cc1cc(C[NH+]2CCN(C(=O)/C=C/c3ccc(F)cc3)CC2)no1. The van der Waals surface area contributed by atoms with E-state index in [1.807, 2.05) is 17.9 Å². The molecule has 5 nitrogen and oxygen atoms in total. The third-order valence-corrected chi connectivity index (χ3v) is 4.18. The van der Waals surface area contributed by atoms with E-state index >= 15 is 0 Å². The molecule has 0 saturated carbocycles. The lowest BCUT2D eigenvalue weighted by Gasteiger charge is -2.31. The number of halogens is 1. The van der Waals surface area contributed by atoms with E-state index in [9.17, 15) is 9.18 Å². The Morgan fingerprint density at radius 2 is 2.04 bits per heavy atom. The first-order valence-corrected chi connectivity index (χ1v) is 8.08. The molecule has 1 amide bonds. The van der Waals surface area contributed by atoms with E-state index in [4.69, 9.17) is 4.52 Å². The molecule has 0 aliphatic carbocycles. The topological polar surface area (TPSA) is 50.8 Å². The van der Waals surface area contributed by atoms with Gasteiger partial charge in [-0.1, -0.05) is 17.3 Å². The summed E-state index contributed by atoms with van der Waals surface area (Å²) in [7, 11) is 0. The standard InChI is InChI=1S/C18H20FN3O2/c1-14-12-17(20-24-14)13-21-8-10-22(11-9-21)18(23)7-4-15-2-5-16(19)6-3-15/h2-7,12H,8-11,13H2,1H3/p+1/b7-4+. The van der Waals surface area contributed by atoms with Crippen molar-refractivity contribution in [2.75, 3.05) is 26.2 Å². The van der Waals surface area contributed by atoms with Crippen LogP contribution < -0.4 is 4.90 Å². The molecule has 126 valence electrons. The average molecular weight is 330 g/mol. The summed E-state index contributed by atoms with van der Waals surface area (Å²) in [4.78, 5) is 15.5. The van der Waals surface area contributed by atoms with Gasteiger partial charge in [-0.2, -0.15) is 0 Å². The smallest absolute Gasteiger partial charge is 0.246 e. The Morgan fingerprint density at radius 3 is 2.67 bits per heavy atom. The number of aryl methyl sites for hydroxylation is 1. The molecule has 1 saturated heterocycles. The minimum absolute atomic E-state index is 0.00402. The Kier molecular flexibility index (Phi) is 5.05. The maximum atomic E-state index is 12.9. The van der Waals surface area contributed by atoms with Crippen molar-refractivity contribution in [1.82, 2.24) is 10.1 Å². The maximum absolute atomic E-state index is 12.9. The second-order valence-electron chi connectivity index (χ2n) is 6.07. The Balaban J connectivity index is 1.48. The van der Waals surface area contributed by atoms with Gasteiger partial charge in [0, 0.05) is 12.1 Å². The zero-order chi connectivity index (χ0) is 16.9. The van der Waals surface area contributed by atoms with Gasteiger partial charge in [0.1, 0.15) is 23.8 Å². The van der Waals surface area contributed by atoms with Crippen molar-refractivity contribution in [3.8, 4) is 0 Å². The molecule has 1 N–H and O–H groups in total. The number of hydrogen-bond acceptors (Lipinski definition) is 3. The number of carbonyl (C=O) groups excluding carboxylic acids is 1. The number of carbonyl (C=O) groups is 1.